The van der Waals surface area contributed by atoms with Crippen LogP contribution in [0.1, 0.15) is 56.1 Å². The van der Waals surface area contributed by atoms with Crippen molar-refractivity contribution < 1.29 is 4.74 Å². The molecule has 0 fully saturated rings. The third-order valence-electron chi connectivity index (χ3n) is 3.87. The highest BCUT2D eigenvalue weighted by molar-refractivity contribution is 5.45. The molecule has 3 N–H and O–H groups in total. The molecule has 0 radical (unpaired) electrons. The van der Waals surface area contributed by atoms with Crippen LogP contribution in [0, 0.1) is 6.92 Å². The van der Waals surface area contributed by atoms with Crippen LogP contribution < -0.4 is 10.5 Å². The lowest BCUT2D eigenvalue weighted by molar-refractivity contribution is 0.335. The summed E-state index contributed by atoms with van der Waals surface area (Å²) >= 11 is 0. The van der Waals surface area contributed by atoms with E-state index < -0.39 is 0 Å². The van der Waals surface area contributed by atoms with Gasteiger partial charge in [-0.25, -0.2) is 0 Å². The second-order valence-corrected chi connectivity index (χ2v) is 6.70. The molecule has 120 valence electrons. The molecule has 2 rings (SSSR count). The Balaban J connectivity index is 2.53. The first kappa shape index (κ1) is 16.6. The van der Waals surface area contributed by atoms with Gasteiger partial charge >= 0.3 is 0 Å². The quantitative estimate of drug-likeness (QED) is 0.888. The van der Waals surface area contributed by atoms with Gasteiger partial charge in [-0.15, -0.1) is 0 Å². The Labute approximate surface area is 133 Å². The molecule has 0 aliphatic rings. The molecule has 4 heteroatoms. The Morgan fingerprint density at radius 2 is 2.00 bits per heavy atom. The van der Waals surface area contributed by atoms with Gasteiger partial charge in [-0.3, -0.25) is 5.10 Å². The molecule has 1 atom stereocenters. The van der Waals surface area contributed by atoms with Crippen LogP contribution in [0.3, 0.4) is 0 Å². The SMILES string of the molecule is CCOc1ccc(C(C)(C)C)cc1C(CN)c1cc(C)[nH]n1. The van der Waals surface area contributed by atoms with E-state index in [2.05, 4.69) is 55.2 Å². The summed E-state index contributed by atoms with van der Waals surface area (Å²) in [7, 11) is 0. The Morgan fingerprint density at radius 3 is 2.50 bits per heavy atom. The molecule has 0 saturated carbocycles. The molecule has 4 nitrogen and oxygen atoms in total. The molecule has 1 aromatic carbocycles. The lowest BCUT2D eigenvalue weighted by Gasteiger charge is -2.24. The van der Waals surface area contributed by atoms with Gasteiger partial charge in [0.15, 0.2) is 0 Å². The van der Waals surface area contributed by atoms with Gasteiger partial charge in [-0.1, -0.05) is 32.9 Å². The van der Waals surface area contributed by atoms with Gasteiger partial charge < -0.3 is 10.5 Å². The van der Waals surface area contributed by atoms with Crippen LogP contribution in [0.2, 0.25) is 0 Å². The fourth-order valence-electron chi connectivity index (χ4n) is 2.60. The van der Waals surface area contributed by atoms with Crippen molar-refractivity contribution in [2.24, 2.45) is 5.73 Å². The van der Waals surface area contributed by atoms with Crippen LogP contribution in [0.25, 0.3) is 0 Å². The molecule has 2 aromatic rings. The van der Waals surface area contributed by atoms with Gasteiger partial charge in [0.2, 0.25) is 0 Å². The average molecular weight is 301 g/mol. The van der Waals surface area contributed by atoms with Gasteiger partial charge in [-0.2, -0.15) is 5.10 Å². The van der Waals surface area contributed by atoms with Crippen LogP contribution in [-0.2, 0) is 5.41 Å². The number of hydrogen-bond donors (Lipinski definition) is 2. The van der Waals surface area contributed by atoms with Gasteiger partial charge in [0, 0.05) is 23.7 Å². The first-order valence-electron chi connectivity index (χ1n) is 7.86. The molecule has 0 saturated heterocycles. The third kappa shape index (κ3) is 3.50. The minimum atomic E-state index is 0.0359. The van der Waals surface area contributed by atoms with Gasteiger partial charge in [0.1, 0.15) is 5.75 Å². The van der Waals surface area contributed by atoms with Crippen LogP contribution >= 0.6 is 0 Å². The Kier molecular flexibility index (Phi) is 4.91. The summed E-state index contributed by atoms with van der Waals surface area (Å²) in [5, 5.41) is 7.40. The zero-order chi connectivity index (χ0) is 16.3. The summed E-state index contributed by atoms with van der Waals surface area (Å²) in [4.78, 5) is 0. The van der Waals surface area contributed by atoms with E-state index in [1.165, 1.54) is 5.56 Å². The van der Waals surface area contributed by atoms with Crippen molar-refractivity contribution in [3.05, 3.63) is 46.8 Å². The minimum Gasteiger partial charge on any atom is -0.494 e. The Hall–Kier alpha value is -1.81. The standard InChI is InChI=1S/C18H27N3O/c1-6-22-17-8-7-13(18(3,4)5)10-14(17)15(11-19)16-9-12(2)20-21-16/h7-10,15H,6,11,19H2,1-5H3,(H,20,21). The summed E-state index contributed by atoms with van der Waals surface area (Å²) in [5.74, 6) is 0.931. The summed E-state index contributed by atoms with van der Waals surface area (Å²) in [5.41, 5.74) is 10.5. The minimum absolute atomic E-state index is 0.0359. The normalized spacial score (nSPS) is 13.2. The molecular formula is C18H27N3O. The highest BCUT2D eigenvalue weighted by Crippen LogP contribution is 2.35. The first-order chi connectivity index (χ1) is 10.4. The maximum absolute atomic E-state index is 6.06. The highest BCUT2D eigenvalue weighted by Gasteiger charge is 2.23. The summed E-state index contributed by atoms with van der Waals surface area (Å²) < 4.78 is 5.82. The Morgan fingerprint density at radius 1 is 1.27 bits per heavy atom. The predicted octanol–water partition coefficient (Wildman–Crippen LogP) is 3.50. The van der Waals surface area contributed by atoms with Gasteiger partial charge in [0.25, 0.3) is 0 Å². The number of aryl methyl sites for hydroxylation is 1. The number of nitrogens with one attached hydrogen (secondary N) is 1. The molecule has 0 aliphatic heterocycles. The summed E-state index contributed by atoms with van der Waals surface area (Å²) in [6.07, 6.45) is 0. The van der Waals surface area contributed by atoms with E-state index in [4.69, 9.17) is 10.5 Å². The third-order valence-corrected chi connectivity index (χ3v) is 3.87. The van der Waals surface area contributed by atoms with Gasteiger partial charge in [-0.05, 0) is 37.0 Å². The van der Waals surface area contributed by atoms with Crippen LogP contribution in [0.15, 0.2) is 24.3 Å². The van der Waals surface area contributed by atoms with Crippen molar-refractivity contribution in [3.63, 3.8) is 0 Å². The molecule has 0 bridgehead atoms. The number of H-pyrrole nitrogens is 1. The number of aromatic nitrogens is 2. The number of hydrogen-bond acceptors (Lipinski definition) is 3. The highest BCUT2D eigenvalue weighted by atomic mass is 16.5. The molecule has 1 aromatic heterocycles. The van der Waals surface area contributed by atoms with E-state index in [-0.39, 0.29) is 11.3 Å². The molecule has 1 unspecified atom stereocenters. The van der Waals surface area contributed by atoms with E-state index in [9.17, 15) is 0 Å². The van der Waals surface area contributed by atoms with E-state index in [0.717, 1.165) is 22.7 Å². The lowest BCUT2D eigenvalue weighted by Crippen LogP contribution is -2.18. The number of nitrogens with zero attached hydrogens (tertiary/aromatic N) is 1. The first-order valence-corrected chi connectivity index (χ1v) is 7.86. The van der Waals surface area contributed by atoms with Crippen molar-refractivity contribution in [2.45, 2.75) is 46.0 Å². The van der Waals surface area contributed by atoms with Crippen molar-refractivity contribution in [3.8, 4) is 5.75 Å². The Bertz CT molecular complexity index is 626. The molecule has 1 heterocycles. The lowest BCUT2D eigenvalue weighted by atomic mass is 9.83. The maximum atomic E-state index is 6.06. The number of nitrogens with two attached hydrogens (primary N) is 1. The number of aromatic amines is 1. The second kappa shape index (κ2) is 6.53. The smallest absolute Gasteiger partial charge is 0.123 e. The molecular weight excluding hydrogens is 274 g/mol. The fraction of sp³-hybridized carbons (Fsp3) is 0.500. The van der Waals surface area contributed by atoms with Crippen LogP contribution in [0.5, 0.6) is 5.75 Å². The maximum Gasteiger partial charge on any atom is 0.123 e. The van der Waals surface area contributed by atoms with Crippen LogP contribution in [0.4, 0.5) is 0 Å². The monoisotopic (exact) mass is 301 g/mol. The number of benzene rings is 1. The van der Waals surface area contributed by atoms with E-state index in [1.54, 1.807) is 0 Å². The molecule has 0 aliphatic carbocycles. The van der Waals surface area contributed by atoms with Crippen LogP contribution in [-0.4, -0.2) is 23.3 Å². The largest absolute Gasteiger partial charge is 0.494 e. The van der Waals surface area contributed by atoms with Crippen molar-refractivity contribution in [1.29, 1.82) is 0 Å². The number of rotatable bonds is 5. The van der Waals surface area contributed by atoms with Crippen molar-refractivity contribution in [1.82, 2.24) is 10.2 Å². The van der Waals surface area contributed by atoms with E-state index in [1.807, 2.05) is 13.8 Å². The average Bonchev–Trinajstić information content (AvgIpc) is 2.87. The zero-order valence-corrected chi connectivity index (χ0v) is 14.2. The molecule has 0 spiro atoms. The number of ether oxygens (including phenoxy) is 1. The van der Waals surface area contributed by atoms with Crippen molar-refractivity contribution >= 4 is 0 Å². The molecule has 22 heavy (non-hydrogen) atoms. The zero-order valence-electron chi connectivity index (χ0n) is 14.2. The summed E-state index contributed by atoms with van der Waals surface area (Å²) in [6.45, 7) is 11.8. The van der Waals surface area contributed by atoms with E-state index in [0.29, 0.717) is 13.2 Å². The summed E-state index contributed by atoms with van der Waals surface area (Å²) in [6, 6.07) is 8.46. The van der Waals surface area contributed by atoms with Gasteiger partial charge in [0.05, 0.1) is 12.3 Å². The van der Waals surface area contributed by atoms with Crippen molar-refractivity contribution in [2.75, 3.05) is 13.2 Å². The van der Waals surface area contributed by atoms with E-state index >= 15 is 0 Å². The topological polar surface area (TPSA) is 63.9 Å². The fourth-order valence-corrected chi connectivity index (χ4v) is 2.60. The predicted molar refractivity (Wildman–Crippen MR) is 90.5 cm³/mol. The molecule has 0 amide bonds. The second-order valence-electron chi connectivity index (χ2n) is 6.70.